The zero-order chi connectivity index (χ0) is 64.0. The van der Waals surface area contributed by atoms with Gasteiger partial charge in [0.15, 0.2) is 0 Å². The molecule has 0 saturated heterocycles. The van der Waals surface area contributed by atoms with Crippen molar-refractivity contribution in [1.29, 1.82) is 0 Å². The Balaban J connectivity index is 0.00000800. The molecule has 0 unspecified atom stereocenters. The molecule has 0 saturated carbocycles. The van der Waals surface area contributed by atoms with E-state index in [0.717, 1.165) is 5.56 Å². The molecule has 0 N–H and O–H groups in total. The van der Waals surface area contributed by atoms with Gasteiger partial charge in [0.2, 0.25) is 0 Å². The fourth-order valence-electron chi connectivity index (χ4n) is 9.55. The Morgan fingerprint density at radius 1 is 0.583 bits per heavy atom. The van der Waals surface area contributed by atoms with Crippen LogP contribution in [0.2, 0.25) is 0 Å². The number of rotatable bonds is 11. The number of imidazole rings is 1. The summed E-state index contributed by atoms with van der Waals surface area (Å²) in [6, 6.07) is 26.3. The Bertz CT molecular complexity index is 5070. The van der Waals surface area contributed by atoms with Crippen LogP contribution in [0.5, 0.6) is 11.5 Å². The molecule has 0 aliphatic rings. The summed E-state index contributed by atoms with van der Waals surface area (Å²) in [5.74, 6) is -0.0978. The molecule has 13 aromatic rings. The van der Waals surface area contributed by atoms with Crippen LogP contribution in [0, 0.1) is 18.5 Å². The minimum atomic E-state index is -0.957. The van der Waals surface area contributed by atoms with Crippen molar-refractivity contribution in [2.45, 2.75) is 32.6 Å². The molecule has 6 nitrogen and oxygen atoms in total. The van der Waals surface area contributed by atoms with Crippen molar-refractivity contribution in [2.75, 3.05) is 0 Å². The minimum absolute atomic E-state index is 0. The maximum Gasteiger partial charge on any atom is 0.268 e. The fraction of sp³-hybridized carbons (Fsp3) is 0.0769. The number of fused-ring (bicyclic) bond motifs is 7. The second kappa shape index (κ2) is 18.8. The van der Waals surface area contributed by atoms with Gasteiger partial charge in [-0.05, 0) is 100 Å². The summed E-state index contributed by atoms with van der Waals surface area (Å²) in [6.45, 7) is 3.90. The summed E-state index contributed by atoms with van der Waals surface area (Å²) in [6.07, 6.45) is 6.03. The molecule has 72 heavy (non-hydrogen) atoms. The van der Waals surface area contributed by atoms with Crippen molar-refractivity contribution in [3.05, 3.63) is 242 Å². The SMILES string of the molecule is [2H]c1c([2H])c([2H])c(-c2cccc(-c3c([2H])c([2H])c([2H])c([2H])c3[2H])c2-[n+]2[c-]n(-c3[c-]c(Oc4[c-]c5c(cc4)c4cc(-n6c7c([2H])c([2H])c([2H])c([2H])c7c7c([2H])c([2H])c([2H])c([2H])c76)ccc4n5-c4cc(C([2H])(CC)CC)ccn4)ccc3)c3ccccc32)c([2H])c1[2H].[Pt]. The Kier molecular flexibility index (Phi) is 7.44. The molecular formula is C65H47N5OPt-2. The van der Waals surface area contributed by atoms with Gasteiger partial charge in [0.05, 0.1) is 52.4 Å². The van der Waals surface area contributed by atoms with Gasteiger partial charge in [-0.15, -0.1) is 29.7 Å². The molecule has 0 aliphatic carbocycles. The molecule has 0 spiro atoms. The van der Waals surface area contributed by atoms with Crippen molar-refractivity contribution >= 4 is 54.6 Å². The summed E-state index contributed by atoms with van der Waals surface area (Å²) >= 11 is 0. The van der Waals surface area contributed by atoms with E-state index in [4.69, 9.17) is 34.4 Å². The van der Waals surface area contributed by atoms with E-state index in [9.17, 15) is 1.37 Å². The summed E-state index contributed by atoms with van der Waals surface area (Å²) in [7, 11) is 0. The van der Waals surface area contributed by atoms with Gasteiger partial charge < -0.3 is 18.4 Å². The van der Waals surface area contributed by atoms with Gasteiger partial charge in [-0.25, -0.2) is 4.98 Å². The zero-order valence-corrected chi connectivity index (χ0v) is 40.5. The minimum Gasteiger partial charge on any atom is -0.510 e. The third-order valence-corrected chi connectivity index (χ3v) is 12.7. The van der Waals surface area contributed by atoms with Crippen molar-refractivity contribution in [1.82, 2.24) is 18.7 Å². The Morgan fingerprint density at radius 2 is 1.24 bits per heavy atom. The third-order valence-electron chi connectivity index (χ3n) is 12.7. The van der Waals surface area contributed by atoms with E-state index in [1.807, 2.05) is 36.6 Å². The van der Waals surface area contributed by atoms with Gasteiger partial charge in [0.25, 0.3) is 6.33 Å². The van der Waals surface area contributed by atoms with E-state index in [1.165, 1.54) is 22.8 Å². The summed E-state index contributed by atoms with van der Waals surface area (Å²) in [5, 5.41) is 1.08. The molecule has 13 rings (SSSR count). The molecular weight excluding hydrogens is 1060 g/mol. The molecule has 0 bridgehead atoms. The molecule has 0 amide bonds. The van der Waals surface area contributed by atoms with Crippen molar-refractivity contribution < 1.29 is 56.4 Å². The van der Waals surface area contributed by atoms with Gasteiger partial charge in [-0.2, -0.15) is 18.2 Å². The third kappa shape index (κ3) is 7.62. The number of pyridine rings is 1. The molecule has 0 fully saturated rings. The van der Waals surface area contributed by atoms with E-state index in [0.29, 0.717) is 62.9 Å². The van der Waals surface area contributed by atoms with Crippen LogP contribution >= 0.6 is 0 Å². The van der Waals surface area contributed by atoms with Crippen LogP contribution in [0.1, 0.15) is 64.2 Å². The molecule has 4 aromatic heterocycles. The molecule has 350 valence electrons. The average molecular weight is 1130 g/mol. The largest absolute Gasteiger partial charge is 0.510 e. The van der Waals surface area contributed by atoms with Gasteiger partial charge in [0.1, 0.15) is 5.82 Å². The van der Waals surface area contributed by atoms with Crippen LogP contribution in [0.15, 0.2) is 218 Å². The van der Waals surface area contributed by atoms with E-state index < -0.39 is 115 Å². The van der Waals surface area contributed by atoms with Crippen LogP contribution in [0.25, 0.3) is 99.8 Å². The van der Waals surface area contributed by atoms with Crippen molar-refractivity contribution in [3.8, 4) is 56.6 Å². The first-order valence-electron chi connectivity index (χ1n) is 32.4. The predicted molar refractivity (Wildman–Crippen MR) is 288 cm³/mol. The Labute approximate surface area is 459 Å². The number of nitrogens with zero attached hydrogens (tertiary/aromatic N) is 5. The maximum absolute atomic E-state index is 9.41. The topological polar surface area (TPSA) is 40.8 Å². The number of ether oxygens (including phenoxy) is 1. The first-order chi connectivity index (χ1) is 42.9. The van der Waals surface area contributed by atoms with E-state index >= 15 is 0 Å². The molecule has 0 aliphatic heterocycles. The normalized spacial score (nSPS) is 15.4. The second-order valence-corrected chi connectivity index (χ2v) is 16.6. The molecule has 0 atom stereocenters. The monoisotopic (exact) mass is 1130 g/mol. The zero-order valence-electron chi connectivity index (χ0n) is 57.3. The summed E-state index contributed by atoms with van der Waals surface area (Å²) in [4.78, 5) is 4.83. The predicted octanol–water partition coefficient (Wildman–Crippen LogP) is 15.9. The summed E-state index contributed by atoms with van der Waals surface area (Å²) < 4.78 is 181. The first-order valence-corrected chi connectivity index (χ1v) is 22.9. The number of hydrogen-bond donors (Lipinski definition) is 0. The van der Waals surface area contributed by atoms with E-state index in [2.05, 4.69) is 18.5 Å². The van der Waals surface area contributed by atoms with Crippen molar-refractivity contribution in [2.24, 2.45) is 0 Å². The van der Waals surface area contributed by atoms with E-state index in [1.54, 1.807) is 82.1 Å². The van der Waals surface area contributed by atoms with Gasteiger partial charge in [-0.3, -0.25) is 4.57 Å². The number of aromatic nitrogens is 5. The smallest absolute Gasteiger partial charge is 0.268 e. The second-order valence-electron chi connectivity index (χ2n) is 16.6. The van der Waals surface area contributed by atoms with Crippen molar-refractivity contribution in [3.63, 3.8) is 0 Å². The summed E-state index contributed by atoms with van der Waals surface area (Å²) in [5.41, 5.74) is 3.22. The standard InChI is InChI=1S/C65H47N5O.Pt/c1-3-44(4-2)47-37-38-66-64(39-47)70-60-36-33-49(69-58-29-13-11-25-54(58)55-26-12-14-30-59(55)69)41-57(60)56-35-34-51(42-63(56)70)71-50-24-17-23-48(40-50)67-43-68(62-32-16-15-31-61(62)67)65-52(45-19-7-5-8-20-45)27-18-28-53(65)46-21-9-6-10-22-46;/h5-39,41,44H,3-4H2,1-2H3;/q-2;/i5D,6D,7D,8D,9D,10D,11D,12D,13D,14D,19D,20D,21D,22D,25D,26D,29D,30D,44D;. The Morgan fingerprint density at radius 3 is 1.94 bits per heavy atom. The van der Waals surface area contributed by atoms with E-state index in [-0.39, 0.29) is 82.3 Å². The van der Waals surface area contributed by atoms with Crippen LogP contribution < -0.4 is 9.30 Å². The van der Waals surface area contributed by atoms with Crippen LogP contribution in [0.4, 0.5) is 0 Å². The molecule has 0 radical (unpaired) electrons. The van der Waals surface area contributed by atoms with Gasteiger partial charge in [0, 0.05) is 62.1 Å². The number of hydrogen-bond acceptors (Lipinski definition) is 2. The quantitative estimate of drug-likeness (QED) is 0.0957. The maximum atomic E-state index is 9.41. The van der Waals surface area contributed by atoms with Gasteiger partial charge in [-0.1, -0.05) is 159 Å². The number of para-hydroxylation sites is 5. The molecule has 4 heterocycles. The molecule has 7 heteroatoms. The first kappa shape index (κ1) is 28.5. The average Bonchev–Trinajstić information content (AvgIpc) is 1.58. The van der Waals surface area contributed by atoms with Crippen LogP contribution in [-0.4, -0.2) is 18.7 Å². The van der Waals surface area contributed by atoms with Crippen LogP contribution in [-0.2, 0) is 21.1 Å². The molecule has 9 aromatic carbocycles. The number of benzene rings is 9. The van der Waals surface area contributed by atoms with Gasteiger partial charge >= 0.3 is 0 Å². The fourth-order valence-corrected chi connectivity index (χ4v) is 9.55. The van der Waals surface area contributed by atoms with Crippen LogP contribution in [0.3, 0.4) is 0 Å². The Hall–Kier alpha value is -8.31.